The lowest BCUT2D eigenvalue weighted by Gasteiger charge is -2.11. The zero-order valence-corrected chi connectivity index (χ0v) is 16.4. The molecule has 2 heteroatoms. The Balaban J connectivity index is 3.34. The van der Waals surface area contributed by atoms with E-state index in [4.69, 9.17) is 4.74 Å². The number of carbonyl (C=O) groups excluding carboxylic acids is 1. The van der Waals surface area contributed by atoms with Gasteiger partial charge >= 0.3 is 5.97 Å². The van der Waals surface area contributed by atoms with Gasteiger partial charge in [-0.1, -0.05) is 98.3 Å². The fourth-order valence-electron chi connectivity index (χ4n) is 2.85. The first-order valence-corrected chi connectivity index (χ1v) is 10.2. The first-order chi connectivity index (χ1) is 11.1. The van der Waals surface area contributed by atoms with E-state index in [1.54, 1.807) is 0 Å². The molecule has 0 saturated carbocycles. The SMILES string of the molecule is CCCCCCCC(C)C(=O)OCCCCCCCCC(C)C. The highest BCUT2D eigenvalue weighted by Gasteiger charge is 2.13. The van der Waals surface area contributed by atoms with Gasteiger partial charge in [-0.3, -0.25) is 4.79 Å². The molecule has 0 radical (unpaired) electrons. The quantitative estimate of drug-likeness (QED) is 0.227. The summed E-state index contributed by atoms with van der Waals surface area (Å²) in [5, 5.41) is 0. The lowest BCUT2D eigenvalue weighted by atomic mass is 10.0. The highest BCUT2D eigenvalue weighted by atomic mass is 16.5. The Morgan fingerprint density at radius 3 is 1.87 bits per heavy atom. The summed E-state index contributed by atoms with van der Waals surface area (Å²) in [5.74, 6) is 0.924. The van der Waals surface area contributed by atoms with Crippen molar-refractivity contribution in [2.75, 3.05) is 6.61 Å². The monoisotopic (exact) mass is 326 g/mol. The first-order valence-electron chi connectivity index (χ1n) is 10.2. The van der Waals surface area contributed by atoms with Crippen LogP contribution in [0.5, 0.6) is 0 Å². The number of esters is 1. The minimum absolute atomic E-state index is 0.0115. The largest absolute Gasteiger partial charge is 0.465 e. The van der Waals surface area contributed by atoms with Crippen molar-refractivity contribution in [3.63, 3.8) is 0 Å². The predicted octanol–water partition coefficient (Wildman–Crippen LogP) is 6.91. The van der Waals surface area contributed by atoms with Crippen LogP contribution < -0.4 is 0 Å². The number of ether oxygens (including phenoxy) is 1. The standard InChI is InChI=1S/C21H42O2/c1-5-6-7-10-14-17-20(4)21(22)23-18-15-12-9-8-11-13-16-19(2)3/h19-20H,5-18H2,1-4H3. The highest BCUT2D eigenvalue weighted by Crippen LogP contribution is 2.14. The molecule has 0 N–H and O–H groups in total. The molecule has 0 spiro atoms. The van der Waals surface area contributed by atoms with Crippen molar-refractivity contribution in [2.45, 2.75) is 111 Å². The van der Waals surface area contributed by atoms with Gasteiger partial charge in [0.15, 0.2) is 0 Å². The summed E-state index contributed by atoms with van der Waals surface area (Å²) in [6.07, 6.45) is 16.2. The molecule has 0 amide bonds. The molecule has 0 bridgehead atoms. The maximum Gasteiger partial charge on any atom is 0.308 e. The van der Waals surface area contributed by atoms with E-state index in [2.05, 4.69) is 20.8 Å². The molecule has 1 atom stereocenters. The fourth-order valence-corrected chi connectivity index (χ4v) is 2.85. The molecule has 0 rings (SSSR count). The van der Waals surface area contributed by atoms with Crippen LogP contribution in [0.4, 0.5) is 0 Å². The summed E-state index contributed by atoms with van der Waals surface area (Å²) in [5.41, 5.74) is 0. The highest BCUT2D eigenvalue weighted by molar-refractivity contribution is 5.71. The zero-order valence-electron chi connectivity index (χ0n) is 16.4. The van der Waals surface area contributed by atoms with Gasteiger partial charge in [-0.25, -0.2) is 0 Å². The van der Waals surface area contributed by atoms with Gasteiger partial charge in [-0.2, -0.15) is 0 Å². The molecular formula is C21H42O2. The molecule has 138 valence electrons. The smallest absolute Gasteiger partial charge is 0.308 e. The summed E-state index contributed by atoms with van der Waals surface area (Å²) in [4.78, 5) is 11.9. The van der Waals surface area contributed by atoms with E-state index in [1.807, 2.05) is 6.92 Å². The number of hydrogen-bond donors (Lipinski definition) is 0. The molecule has 0 saturated heterocycles. The van der Waals surface area contributed by atoms with Crippen LogP contribution in [0.3, 0.4) is 0 Å². The van der Waals surface area contributed by atoms with Crippen LogP contribution in [-0.4, -0.2) is 12.6 Å². The van der Waals surface area contributed by atoms with Crippen LogP contribution in [0.15, 0.2) is 0 Å². The van der Waals surface area contributed by atoms with Crippen LogP contribution in [-0.2, 0) is 9.53 Å². The molecule has 0 heterocycles. The number of carbonyl (C=O) groups is 1. The molecule has 0 fully saturated rings. The maximum absolute atomic E-state index is 11.9. The number of rotatable bonds is 16. The van der Waals surface area contributed by atoms with Crippen molar-refractivity contribution in [2.24, 2.45) is 11.8 Å². The molecule has 23 heavy (non-hydrogen) atoms. The van der Waals surface area contributed by atoms with E-state index in [-0.39, 0.29) is 11.9 Å². The van der Waals surface area contributed by atoms with Crippen LogP contribution in [0.1, 0.15) is 111 Å². The second kappa shape index (κ2) is 16.3. The minimum Gasteiger partial charge on any atom is -0.465 e. The van der Waals surface area contributed by atoms with Gasteiger partial charge in [-0.15, -0.1) is 0 Å². The summed E-state index contributed by atoms with van der Waals surface area (Å²) >= 11 is 0. The molecule has 1 unspecified atom stereocenters. The molecule has 0 aliphatic rings. The van der Waals surface area contributed by atoms with E-state index < -0.39 is 0 Å². The van der Waals surface area contributed by atoms with Gasteiger partial charge in [-0.05, 0) is 18.8 Å². The van der Waals surface area contributed by atoms with Gasteiger partial charge < -0.3 is 4.74 Å². The summed E-state index contributed by atoms with van der Waals surface area (Å²) in [6.45, 7) is 9.44. The third kappa shape index (κ3) is 16.1. The molecule has 0 aliphatic carbocycles. The molecule has 0 aliphatic heterocycles. The minimum atomic E-state index is 0.0115. The van der Waals surface area contributed by atoms with E-state index in [9.17, 15) is 4.79 Å². The van der Waals surface area contributed by atoms with Gasteiger partial charge in [0.1, 0.15) is 0 Å². The Kier molecular flexibility index (Phi) is 16.0. The lowest BCUT2D eigenvalue weighted by molar-refractivity contribution is -0.148. The molecule has 2 nitrogen and oxygen atoms in total. The fraction of sp³-hybridized carbons (Fsp3) is 0.952. The van der Waals surface area contributed by atoms with Crippen LogP contribution >= 0.6 is 0 Å². The Labute approximate surface area is 145 Å². The predicted molar refractivity (Wildman–Crippen MR) is 101 cm³/mol. The van der Waals surface area contributed by atoms with Gasteiger partial charge in [0.25, 0.3) is 0 Å². The topological polar surface area (TPSA) is 26.3 Å². The summed E-state index contributed by atoms with van der Waals surface area (Å²) < 4.78 is 5.40. The zero-order chi connectivity index (χ0) is 17.3. The molecule has 0 aromatic rings. The Morgan fingerprint density at radius 1 is 0.739 bits per heavy atom. The average Bonchev–Trinajstić information content (AvgIpc) is 2.52. The average molecular weight is 327 g/mol. The normalized spacial score (nSPS) is 12.6. The van der Waals surface area contributed by atoms with Crippen molar-refractivity contribution in [3.8, 4) is 0 Å². The molecule has 0 aromatic carbocycles. The van der Waals surface area contributed by atoms with Crippen LogP contribution in [0, 0.1) is 11.8 Å². The number of unbranched alkanes of at least 4 members (excludes halogenated alkanes) is 9. The Bertz CT molecular complexity index is 261. The van der Waals surface area contributed by atoms with Crippen molar-refractivity contribution in [1.29, 1.82) is 0 Å². The lowest BCUT2D eigenvalue weighted by Crippen LogP contribution is -2.15. The third-order valence-corrected chi connectivity index (χ3v) is 4.56. The van der Waals surface area contributed by atoms with Gasteiger partial charge in [0.05, 0.1) is 12.5 Å². The number of hydrogen-bond acceptors (Lipinski definition) is 2. The molecule has 0 aromatic heterocycles. The van der Waals surface area contributed by atoms with E-state index in [1.165, 1.54) is 64.2 Å². The summed E-state index contributed by atoms with van der Waals surface area (Å²) in [7, 11) is 0. The van der Waals surface area contributed by atoms with Crippen LogP contribution in [0.2, 0.25) is 0 Å². The van der Waals surface area contributed by atoms with E-state index >= 15 is 0 Å². The molecular weight excluding hydrogens is 284 g/mol. The second-order valence-electron chi connectivity index (χ2n) is 7.58. The van der Waals surface area contributed by atoms with Gasteiger partial charge in [0, 0.05) is 0 Å². The third-order valence-electron chi connectivity index (χ3n) is 4.56. The van der Waals surface area contributed by atoms with Crippen molar-refractivity contribution in [3.05, 3.63) is 0 Å². The van der Waals surface area contributed by atoms with Crippen LogP contribution in [0.25, 0.3) is 0 Å². The van der Waals surface area contributed by atoms with E-state index in [0.29, 0.717) is 6.61 Å². The Morgan fingerprint density at radius 2 is 1.26 bits per heavy atom. The maximum atomic E-state index is 11.9. The van der Waals surface area contributed by atoms with E-state index in [0.717, 1.165) is 25.2 Å². The van der Waals surface area contributed by atoms with Gasteiger partial charge in [0.2, 0.25) is 0 Å². The first kappa shape index (κ1) is 22.5. The van der Waals surface area contributed by atoms with Crippen molar-refractivity contribution >= 4 is 5.97 Å². The van der Waals surface area contributed by atoms with Crippen molar-refractivity contribution in [1.82, 2.24) is 0 Å². The summed E-state index contributed by atoms with van der Waals surface area (Å²) in [6, 6.07) is 0. The Hall–Kier alpha value is -0.530. The second-order valence-corrected chi connectivity index (χ2v) is 7.58. The van der Waals surface area contributed by atoms with Crippen molar-refractivity contribution < 1.29 is 9.53 Å².